The highest BCUT2D eigenvalue weighted by Gasteiger charge is 2.55. The largest absolute Gasteiger partial charge is 0.493 e. The number of hydrogen-bond acceptors (Lipinski definition) is 7. The van der Waals surface area contributed by atoms with Crippen LogP contribution in [0.1, 0.15) is 38.3 Å². The Bertz CT molecular complexity index is 1070. The van der Waals surface area contributed by atoms with Crippen LogP contribution in [-0.4, -0.2) is 40.3 Å². The van der Waals surface area contributed by atoms with Crippen LogP contribution in [0, 0.1) is 11.3 Å². The van der Waals surface area contributed by atoms with Gasteiger partial charge in [0.15, 0.2) is 23.0 Å². The molecular weight excluding hydrogens is 426 g/mol. The number of hydrogen-bond donors (Lipinski definition) is 0. The van der Waals surface area contributed by atoms with Crippen LogP contribution < -0.4 is 28.6 Å². The van der Waals surface area contributed by atoms with E-state index >= 15 is 0 Å². The Kier molecular flexibility index (Phi) is 5.86. The van der Waals surface area contributed by atoms with Crippen LogP contribution in [0.5, 0.6) is 28.7 Å². The monoisotopic (exact) mass is 455 g/mol. The standard InChI is InChI=1S/C25H29NO7/c1-25(2)22(15-9-10-17(29-3)18(11-15)33-23(27)14-7-8-14)26(24(25)28)16-12-19(30-4)21(32-6)20(13-16)31-5/h9-14,22H,7-8H2,1-6H3/t22-/m0/s1. The molecule has 0 unspecified atom stereocenters. The second-order valence-corrected chi connectivity index (χ2v) is 8.79. The fourth-order valence-corrected chi connectivity index (χ4v) is 4.29. The summed E-state index contributed by atoms with van der Waals surface area (Å²) < 4.78 is 27.4. The molecule has 0 spiro atoms. The van der Waals surface area contributed by atoms with Gasteiger partial charge in [-0.05, 0) is 44.4 Å². The van der Waals surface area contributed by atoms with E-state index in [-0.39, 0.29) is 23.8 Å². The van der Waals surface area contributed by atoms with E-state index in [0.717, 1.165) is 18.4 Å². The number of benzene rings is 2. The molecule has 8 heteroatoms. The molecule has 4 rings (SSSR count). The lowest BCUT2D eigenvalue weighted by Gasteiger charge is -2.53. The van der Waals surface area contributed by atoms with Gasteiger partial charge in [0, 0.05) is 12.1 Å². The van der Waals surface area contributed by atoms with Crippen LogP contribution in [-0.2, 0) is 9.59 Å². The summed E-state index contributed by atoms with van der Waals surface area (Å²) in [4.78, 5) is 27.2. The van der Waals surface area contributed by atoms with Crippen molar-refractivity contribution in [3.63, 3.8) is 0 Å². The first-order valence-corrected chi connectivity index (χ1v) is 10.8. The zero-order valence-electron chi connectivity index (χ0n) is 19.8. The van der Waals surface area contributed by atoms with Crippen molar-refractivity contribution >= 4 is 17.6 Å². The third-order valence-corrected chi connectivity index (χ3v) is 6.26. The number of amides is 1. The number of esters is 1. The molecular formula is C25H29NO7. The van der Waals surface area contributed by atoms with Gasteiger partial charge in [0.05, 0.1) is 51.5 Å². The highest BCUT2D eigenvalue weighted by molar-refractivity contribution is 6.06. The first-order valence-electron chi connectivity index (χ1n) is 10.8. The van der Waals surface area contributed by atoms with Gasteiger partial charge in [-0.15, -0.1) is 0 Å². The third-order valence-electron chi connectivity index (χ3n) is 6.26. The van der Waals surface area contributed by atoms with Crippen LogP contribution in [0.25, 0.3) is 0 Å². The van der Waals surface area contributed by atoms with E-state index < -0.39 is 5.41 Å². The molecule has 1 heterocycles. The maximum Gasteiger partial charge on any atom is 0.314 e. The number of β-lactam (4-membered cyclic amide) rings is 1. The number of nitrogens with zero attached hydrogens (tertiary/aromatic N) is 1. The van der Waals surface area contributed by atoms with Gasteiger partial charge >= 0.3 is 5.97 Å². The Labute approximate surface area is 193 Å². The number of ether oxygens (including phenoxy) is 5. The van der Waals surface area contributed by atoms with Gasteiger partial charge in [-0.1, -0.05) is 6.07 Å². The van der Waals surface area contributed by atoms with Gasteiger partial charge < -0.3 is 28.6 Å². The van der Waals surface area contributed by atoms with E-state index in [0.29, 0.717) is 34.4 Å². The molecule has 8 nitrogen and oxygen atoms in total. The van der Waals surface area contributed by atoms with Gasteiger partial charge in [0.1, 0.15) is 0 Å². The number of rotatable bonds is 8. The van der Waals surface area contributed by atoms with Gasteiger partial charge in [-0.3, -0.25) is 9.59 Å². The van der Waals surface area contributed by atoms with Crippen molar-refractivity contribution in [2.24, 2.45) is 11.3 Å². The van der Waals surface area contributed by atoms with Crippen LogP contribution in [0.15, 0.2) is 30.3 Å². The Hall–Kier alpha value is -3.42. The van der Waals surface area contributed by atoms with E-state index in [1.165, 1.54) is 28.4 Å². The van der Waals surface area contributed by atoms with E-state index in [1.807, 2.05) is 19.9 Å². The average molecular weight is 456 g/mol. The molecule has 0 N–H and O–H groups in total. The summed E-state index contributed by atoms with van der Waals surface area (Å²) in [5.41, 5.74) is 0.770. The van der Waals surface area contributed by atoms with Crippen molar-refractivity contribution in [1.82, 2.24) is 0 Å². The normalized spacial score (nSPS) is 18.9. The molecule has 0 bridgehead atoms. The SMILES string of the molecule is COc1ccc([C@@H]2N(c3cc(OC)c(OC)c(OC)c3)C(=O)C2(C)C)cc1OC(=O)C1CC1. The summed E-state index contributed by atoms with van der Waals surface area (Å²) in [6.45, 7) is 3.79. The molecule has 2 fully saturated rings. The number of carbonyl (C=O) groups excluding carboxylic acids is 2. The highest BCUT2D eigenvalue weighted by atomic mass is 16.6. The zero-order valence-corrected chi connectivity index (χ0v) is 19.8. The molecule has 2 aromatic rings. The van der Waals surface area contributed by atoms with Gasteiger partial charge in [-0.2, -0.15) is 0 Å². The summed E-state index contributed by atoms with van der Waals surface area (Å²) in [6, 6.07) is 8.62. The zero-order chi connectivity index (χ0) is 23.9. The molecule has 2 aliphatic rings. The Balaban J connectivity index is 1.75. The second-order valence-electron chi connectivity index (χ2n) is 8.79. The average Bonchev–Trinajstić information content (AvgIpc) is 3.66. The summed E-state index contributed by atoms with van der Waals surface area (Å²) in [5, 5.41) is 0. The van der Waals surface area contributed by atoms with Crippen molar-refractivity contribution in [1.29, 1.82) is 0 Å². The minimum atomic E-state index is -0.674. The lowest BCUT2D eigenvalue weighted by atomic mass is 9.70. The predicted molar refractivity (Wildman–Crippen MR) is 121 cm³/mol. The van der Waals surface area contributed by atoms with Gasteiger partial charge in [0.25, 0.3) is 0 Å². The van der Waals surface area contributed by atoms with Crippen molar-refractivity contribution in [3.8, 4) is 28.7 Å². The molecule has 33 heavy (non-hydrogen) atoms. The minimum Gasteiger partial charge on any atom is -0.493 e. The number of methoxy groups -OCH3 is 4. The molecule has 1 saturated heterocycles. The molecule has 0 aromatic heterocycles. The summed E-state index contributed by atoms with van der Waals surface area (Å²) >= 11 is 0. The molecule has 2 aromatic carbocycles. The first-order chi connectivity index (χ1) is 15.8. The van der Waals surface area contributed by atoms with Gasteiger partial charge in [-0.25, -0.2) is 0 Å². The fraction of sp³-hybridized carbons (Fsp3) is 0.440. The van der Waals surface area contributed by atoms with Gasteiger partial charge in [0.2, 0.25) is 11.7 Å². The highest BCUT2D eigenvalue weighted by Crippen LogP contribution is 2.54. The van der Waals surface area contributed by atoms with Crippen LogP contribution in [0.2, 0.25) is 0 Å². The van der Waals surface area contributed by atoms with Crippen molar-refractivity contribution < 1.29 is 33.3 Å². The van der Waals surface area contributed by atoms with Crippen molar-refractivity contribution in [2.75, 3.05) is 33.3 Å². The third kappa shape index (κ3) is 3.83. The molecule has 1 saturated carbocycles. The van der Waals surface area contributed by atoms with E-state index in [2.05, 4.69) is 0 Å². The first kappa shape index (κ1) is 22.8. The Morgan fingerprint density at radius 3 is 2.00 bits per heavy atom. The maximum absolute atomic E-state index is 13.2. The summed E-state index contributed by atoms with van der Waals surface area (Å²) in [6.07, 6.45) is 1.69. The molecule has 1 amide bonds. The molecule has 1 aliphatic carbocycles. The number of anilines is 1. The molecule has 176 valence electrons. The smallest absolute Gasteiger partial charge is 0.314 e. The van der Waals surface area contributed by atoms with E-state index in [4.69, 9.17) is 23.7 Å². The van der Waals surface area contributed by atoms with Crippen LogP contribution in [0.3, 0.4) is 0 Å². The summed E-state index contributed by atoms with van der Waals surface area (Å²) in [7, 11) is 6.12. The Morgan fingerprint density at radius 2 is 1.48 bits per heavy atom. The summed E-state index contributed by atoms with van der Waals surface area (Å²) in [5.74, 6) is 1.84. The lowest BCUT2D eigenvalue weighted by molar-refractivity contribution is -0.137. The lowest BCUT2D eigenvalue weighted by Crippen LogP contribution is -2.61. The topological polar surface area (TPSA) is 83.5 Å². The Morgan fingerprint density at radius 1 is 0.879 bits per heavy atom. The van der Waals surface area contributed by atoms with E-state index in [9.17, 15) is 9.59 Å². The molecule has 1 aliphatic heterocycles. The predicted octanol–water partition coefficient (Wildman–Crippen LogP) is 4.15. The second kappa shape index (κ2) is 8.50. The van der Waals surface area contributed by atoms with Crippen molar-refractivity contribution in [2.45, 2.75) is 32.7 Å². The van der Waals surface area contributed by atoms with Crippen LogP contribution in [0.4, 0.5) is 5.69 Å². The quantitative estimate of drug-likeness (QED) is 0.336. The van der Waals surface area contributed by atoms with Crippen LogP contribution >= 0.6 is 0 Å². The molecule has 1 atom stereocenters. The fourth-order valence-electron chi connectivity index (χ4n) is 4.29. The van der Waals surface area contributed by atoms with Crippen molar-refractivity contribution in [3.05, 3.63) is 35.9 Å². The van der Waals surface area contributed by atoms with E-state index in [1.54, 1.807) is 29.2 Å². The minimum absolute atomic E-state index is 0.0455. The maximum atomic E-state index is 13.2. The number of carbonyl (C=O) groups is 2. The molecule has 0 radical (unpaired) electrons.